The van der Waals surface area contributed by atoms with E-state index in [4.69, 9.17) is 9.15 Å². The van der Waals surface area contributed by atoms with Gasteiger partial charge in [0.1, 0.15) is 0 Å². The van der Waals surface area contributed by atoms with Gasteiger partial charge in [-0.2, -0.15) is 0 Å². The zero-order valence-corrected chi connectivity index (χ0v) is 12.4. The molecule has 0 aromatic carbocycles. The van der Waals surface area contributed by atoms with Crippen LogP contribution in [0.4, 0.5) is 0 Å². The van der Waals surface area contributed by atoms with Crippen LogP contribution in [0.25, 0.3) is 0 Å². The number of rotatable bonds is 6. The van der Waals surface area contributed by atoms with Gasteiger partial charge in [-0.1, -0.05) is 6.07 Å². The third kappa shape index (κ3) is 4.16. The second kappa shape index (κ2) is 6.87. The number of nitrogens with zero attached hydrogens (tertiary/aromatic N) is 2. The molecule has 0 N–H and O–H groups in total. The van der Waals surface area contributed by atoms with E-state index in [1.54, 1.807) is 12.5 Å². The van der Waals surface area contributed by atoms with Gasteiger partial charge in [0, 0.05) is 37.5 Å². The van der Waals surface area contributed by atoms with E-state index in [9.17, 15) is 0 Å². The van der Waals surface area contributed by atoms with Crippen molar-refractivity contribution in [3.63, 3.8) is 0 Å². The van der Waals surface area contributed by atoms with Crippen LogP contribution in [0, 0.1) is 0 Å². The number of aromatic nitrogens is 1. The highest BCUT2D eigenvalue weighted by molar-refractivity contribution is 5.10. The van der Waals surface area contributed by atoms with Crippen LogP contribution in [0.15, 0.2) is 47.5 Å². The van der Waals surface area contributed by atoms with Crippen molar-refractivity contribution < 1.29 is 9.15 Å². The molecule has 0 radical (unpaired) electrons. The first-order valence-electron chi connectivity index (χ1n) is 7.53. The molecule has 0 unspecified atom stereocenters. The Labute approximate surface area is 125 Å². The summed E-state index contributed by atoms with van der Waals surface area (Å²) in [5, 5.41) is 0. The van der Waals surface area contributed by atoms with Gasteiger partial charge in [0.05, 0.1) is 24.7 Å². The van der Waals surface area contributed by atoms with Crippen molar-refractivity contribution in [1.82, 2.24) is 9.88 Å². The second-order valence-electron chi connectivity index (χ2n) is 5.85. The highest BCUT2D eigenvalue weighted by atomic mass is 16.5. The Hall–Kier alpha value is -1.65. The monoisotopic (exact) mass is 286 g/mol. The van der Waals surface area contributed by atoms with Gasteiger partial charge in [0.15, 0.2) is 0 Å². The molecule has 4 nitrogen and oxygen atoms in total. The maximum atomic E-state index is 6.16. The zero-order chi connectivity index (χ0) is 14.5. The molecule has 0 saturated carbocycles. The molecule has 0 aliphatic carbocycles. The van der Waals surface area contributed by atoms with Crippen LogP contribution in [-0.4, -0.2) is 35.7 Å². The lowest BCUT2D eigenvalue weighted by Gasteiger charge is -2.21. The maximum absolute atomic E-state index is 6.16. The smallest absolute Gasteiger partial charge is 0.0947 e. The summed E-state index contributed by atoms with van der Waals surface area (Å²) in [6.45, 7) is 1.87. The summed E-state index contributed by atoms with van der Waals surface area (Å²) in [6, 6.07) is 6.12. The van der Waals surface area contributed by atoms with Gasteiger partial charge >= 0.3 is 0 Å². The normalized spacial score (nSPS) is 22.0. The molecule has 112 valence electrons. The quantitative estimate of drug-likeness (QED) is 0.818. The van der Waals surface area contributed by atoms with E-state index < -0.39 is 0 Å². The SMILES string of the molecule is CN(Cc1ccoc1)C[C@@H]1CC[C@H](Cc2cccnc2)O1. The Morgan fingerprint density at radius 1 is 1.24 bits per heavy atom. The van der Waals surface area contributed by atoms with Crippen molar-refractivity contribution in [2.24, 2.45) is 0 Å². The molecule has 1 saturated heterocycles. The van der Waals surface area contributed by atoms with Gasteiger partial charge < -0.3 is 9.15 Å². The summed E-state index contributed by atoms with van der Waals surface area (Å²) in [5.74, 6) is 0. The standard InChI is InChI=1S/C17H22N2O2/c1-19(11-15-6-8-20-13-15)12-17-5-4-16(21-17)9-14-3-2-7-18-10-14/h2-3,6-8,10,13,16-17H,4-5,9,11-12H2,1H3/t16-,17+/m1/s1. The molecule has 2 aromatic rings. The first-order chi connectivity index (χ1) is 10.3. The predicted molar refractivity (Wildman–Crippen MR) is 80.9 cm³/mol. The van der Waals surface area contributed by atoms with Gasteiger partial charge in [-0.3, -0.25) is 9.88 Å². The van der Waals surface area contributed by atoms with Crippen LogP contribution >= 0.6 is 0 Å². The Bertz CT molecular complexity index is 527. The van der Waals surface area contributed by atoms with Crippen molar-refractivity contribution in [3.05, 3.63) is 54.2 Å². The first-order valence-corrected chi connectivity index (χ1v) is 7.53. The van der Waals surface area contributed by atoms with E-state index in [1.165, 1.54) is 11.1 Å². The average Bonchev–Trinajstić information content (AvgIpc) is 3.12. The number of hydrogen-bond acceptors (Lipinski definition) is 4. The minimum absolute atomic E-state index is 0.335. The summed E-state index contributed by atoms with van der Waals surface area (Å²) in [4.78, 5) is 6.46. The van der Waals surface area contributed by atoms with E-state index in [1.807, 2.05) is 24.5 Å². The van der Waals surface area contributed by atoms with Crippen LogP contribution in [0.2, 0.25) is 0 Å². The highest BCUT2D eigenvalue weighted by Gasteiger charge is 2.26. The Morgan fingerprint density at radius 2 is 2.14 bits per heavy atom. The average molecular weight is 286 g/mol. The van der Waals surface area contributed by atoms with Crippen molar-refractivity contribution in [2.45, 2.75) is 38.0 Å². The van der Waals surface area contributed by atoms with Crippen molar-refractivity contribution in [2.75, 3.05) is 13.6 Å². The molecule has 0 bridgehead atoms. The van der Waals surface area contributed by atoms with Crippen molar-refractivity contribution in [1.29, 1.82) is 0 Å². The van der Waals surface area contributed by atoms with Gasteiger partial charge in [0.2, 0.25) is 0 Å². The van der Waals surface area contributed by atoms with Crippen LogP contribution in [0.5, 0.6) is 0 Å². The molecule has 1 aliphatic heterocycles. The highest BCUT2D eigenvalue weighted by Crippen LogP contribution is 2.23. The number of furan rings is 1. The van der Waals surface area contributed by atoms with Crippen molar-refractivity contribution >= 4 is 0 Å². The minimum Gasteiger partial charge on any atom is -0.472 e. The Kier molecular flexibility index (Phi) is 4.68. The Balaban J connectivity index is 1.44. The molecular weight excluding hydrogens is 264 g/mol. The van der Waals surface area contributed by atoms with E-state index >= 15 is 0 Å². The third-order valence-corrected chi connectivity index (χ3v) is 3.93. The molecule has 0 amide bonds. The van der Waals surface area contributed by atoms with Gasteiger partial charge in [-0.15, -0.1) is 0 Å². The number of hydrogen-bond donors (Lipinski definition) is 0. The fourth-order valence-corrected chi connectivity index (χ4v) is 2.95. The molecule has 0 spiro atoms. The summed E-state index contributed by atoms with van der Waals surface area (Å²) in [5.41, 5.74) is 2.47. The second-order valence-corrected chi connectivity index (χ2v) is 5.85. The summed E-state index contributed by atoms with van der Waals surface area (Å²) < 4.78 is 11.3. The summed E-state index contributed by atoms with van der Waals surface area (Å²) in [7, 11) is 2.13. The molecule has 4 heteroatoms. The number of ether oxygens (including phenoxy) is 1. The zero-order valence-electron chi connectivity index (χ0n) is 12.4. The molecule has 3 heterocycles. The Morgan fingerprint density at radius 3 is 2.90 bits per heavy atom. The van der Waals surface area contributed by atoms with Gasteiger partial charge in [-0.05, 0) is 37.6 Å². The molecule has 2 aromatic heterocycles. The lowest BCUT2D eigenvalue weighted by atomic mass is 10.1. The molecule has 1 aliphatic rings. The summed E-state index contributed by atoms with van der Waals surface area (Å²) >= 11 is 0. The number of pyridine rings is 1. The molecule has 3 rings (SSSR count). The van der Waals surface area contributed by atoms with E-state index in [0.717, 1.165) is 32.4 Å². The van der Waals surface area contributed by atoms with Crippen LogP contribution < -0.4 is 0 Å². The summed E-state index contributed by atoms with van der Waals surface area (Å²) in [6.07, 6.45) is 11.2. The maximum Gasteiger partial charge on any atom is 0.0947 e. The van der Waals surface area contributed by atoms with E-state index in [2.05, 4.69) is 23.0 Å². The van der Waals surface area contributed by atoms with Crippen LogP contribution in [0.3, 0.4) is 0 Å². The largest absolute Gasteiger partial charge is 0.472 e. The van der Waals surface area contributed by atoms with Crippen LogP contribution in [-0.2, 0) is 17.7 Å². The fourth-order valence-electron chi connectivity index (χ4n) is 2.95. The molecular formula is C17H22N2O2. The lowest BCUT2D eigenvalue weighted by molar-refractivity contribution is 0.0266. The van der Waals surface area contributed by atoms with Gasteiger partial charge in [0.25, 0.3) is 0 Å². The lowest BCUT2D eigenvalue weighted by Crippen LogP contribution is -2.29. The van der Waals surface area contributed by atoms with Gasteiger partial charge in [-0.25, -0.2) is 0 Å². The molecule has 21 heavy (non-hydrogen) atoms. The fraction of sp³-hybridized carbons (Fsp3) is 0.471. The third-order valence-electron chi connectivity index (χ3n) is 3.93. The van der Waals surface area contributed by atoms with Crippen LogP contribution in [0.1, 0.15) is 24.0 Å². The predicted octanol–water partition coefficient (Wildman–Crippen LogP) is 2.90. The molecule has 1 fully saturated rings. The number of likely N-dealkylation sites (N-methyl/N-ethyl adjacent to an activating group) is 1. The topological polar surface area (TPSA) is 38.5 Å². The van der Waals surface area contributed by atoms with E-state index in [-0.39, 0.29) is 0 Å². The molecule has 2 atom stereocenters. The van der Waals surface area contributed by atoms with Crippen molar-refractivity contribution in [3.8, 4) is 0 Å². The van der Waals surface area contributed by atoms with E-state index in [0.29, 0.717) is 12.2 Å². The minimum atomic E-state index is 0.335. The first kappa shape index (κ1) is 14.3.